The van der Waals surface area contributed by atoms with Crippen molar-refractivity contribution in [3.63, 3.8) is 0 Å². The summed E-state index contributed by atoms with van der Waals surface area (Å²) in [5.41, 5.74) is 0.837. The summed E-state index contributed by atoms with van der Waals surface area (Å²) in [5.74, 6) is 0.809. The van der Waals surface area contributed by atoms with Crippen LogP contribution in [-0.4, -0.2) is 23.1 Å². The molecule has 0 radical (unpaired) electrons. The number of aromatic hydroxyl groups is 1. The van der Waals surface area contributed by atoms with Crippen LogP contribution in [0.3, 0.4) is 0 Å². The van der Waals surface area contributed by atoms with E-state index in [2.05, 4.69) is 11.8 Å². The molecule has 1 N–H and O–H groups in total. The van der Waals surface area contributed by atoms with E-state index in [9.17, 15) is 9.90 Å². The van der Waals surface area contributed by atoms with Crippen molar-refractivity contribution in [1.29, 1.82) is 0 Å². The van der Waals surface area contributed by atoms with Crippen molar-refractivity contribution in [2.24, 2.45) is 5.92 Å². The van der Waals surface area contributed by atoms with E-state index in [1.54, 1.807) is 6.07 Å². The Morgan fingerprint density at radius 2 is 2.29 bits per heavy atom. The number of likely N-dealkylation sites (tertiary alicyclic amines) is 1. The molecule has 3 rings (SSSR count). The van der Waals surface area contributed by atoms with Crippen LogP contribution in [0, 0.1) is 5.92 Å². The molecule has 2 aromatic rings. The molecule has 112 valence electrons. The molecule has 1 aromatic carbocycles. The maximum absolute atomic E-state index is 12.0. The minimum atomic E-state index is -0.258. The lowest BCUT2D eigenvalue weighted by Gasteiger charge is -2.31. The quantitative estimate of drug-likeness (QED) is 0.924. The molecule has 0 bridgehead atoms. The summed E-state index contributed by atoms with van der Waals surface area (Å²) < 4.78 is 5.48. The van der Waals surface area contributed by atoms with Gasteiger partial charge in [0.15, 0.2) is 0 Å². The average Bonchev–Trinajstić information content (AvgIpc) is 2.46. The largest absolute Gasteiger partial charge is 0.507 e. The van der Waals surface area contributed by atoms with Gasteiger partial charge in [-0.3, -0.25) is 9.69 Å². The SMILES string of the molecule is CC1CCCN(Cc2c(O)ccc3c(=O)c(Cl)coc23)C1. The highest BCUT2D eigenvalue weighted by Gasteiger charge is 2.20. The summed E-state index contributed by atoms with van der Waals surface area (Å²) >= 11 is 5.81. The van der Waals surface area contributed by atoms with Gasteiger partial charge in [0.25, 0.3) is 0 Å². The van der Waals surface area contributed by atoms with Crippen LogP contribution in [0.4, 0.5) is 0 Å². The highest BCUT2D eigenvalue weighted by molar-refractivity contribution is 6.30. The summed E-state index contributed by atoms with van der Waals surface area (Å²) in [5, 5.41) is 10.6. The molecular weight excluding hydrogens is 290 g/mol. The van der Waals surface area contributed by atoms with E-state index in [1.807, 2.05) is 0 Å². The number of benzene rings is 1. The summed E-state index contributed by atoms with van der Waals surface area (Å²) in [4.78, 5) is 14.3. The molecule has 21 heavy (non-hydrogen) atoms. The Bertz CT molecular complexity index is 725. The monoisotopic (exact) mass is 307 g/mol. The van der Waals surface area contributed by atoms with E-state index in [0.29, 0.717) is 29.0 Å². The number of hydrogen-bond acceptors (Lipinski definition) is 4. The Labute approximate surface area is 127 Å². The van der Waals surface area contributed by atoms with E-state index in [0.717, 1.165) is 19.5 Å². The van der Waals surface area contributed by atoms with Gasteiger partial charge in [0.1, 0.15) is 22.6 Å². The van der Waals surface area contributed by atoms with Gasteiger partial charge in [-0.1, -0.05) is 18.5 Å². The number of rotatable bonds is 2. The molecule has 5 heteroatoms. The number of hydrogen-bond donors (Lipinski definition) is 1. The zero-order chi connectivity index (χ0) is 15.0. The molecule has 4 nitrogen and oxygen atoms in total. The third-order valence-electron chi connectivity index (χ3n) is 4.10. The molecule has 1 saturated heterocycles. The van der Waals surface area contributed by atoms with Crippen LogP contribution in [0.15, 0.2) is 27.6 Å². The molecule has 0 spiro atoms. The van der Waals surface area contributed by atoms with Crippen molar-refractivity contribution in [2.45, 2.75) is 26.3 Å². The Morgan fingerprint density at radius 1 is 1.48 bits per heavy atom. The zero-order valence-corrected chi connectivity index (χ0v) is 12.7. The summed E-state index contributed by atoms with van der Waals surface area (Å²) in [6, 6.07) is 3.10. The fourth-order valence-electron chi connectivity index (χ4n) is 3.03. The molecule has 2 heterocycles. The molecule has 1 fully saturated rings. The molecular formula is C16H18ClNO3. The topological polar surface area (TPSA) is 53.7 Å². The first-order valence-electron chi connectivity index (χ1n) is 7.20. The number of piperidine rings is 1. The predicted octanol–water partition coefficient (Wildman–Crippen LogP) is 3.38. The molecule has 1 unspecified atom stereocenters. The second-order valence-electron chi connectivity index (χ2n) is 5.84. The second kappa shape index (κ2) is 5.70. The number of phenolic OH excluding ortho intramolecular Hbond substituents is 1. The van der Waals surface area contributed by atoms with E-state index in [-0.39, 0.29) is 16.2 Å². The van der Waals surface area contributed by atoms with Crippen LogP contribution in [-0.2, 0) is 6.54 Å². The fourth-order valence-corrected chi connectivity index (χ4v) is 3.18. The van der Waals surface area contributed by atoms with E-state index in [4.69, 9.17) is 16.0 Å². The summed E-state index contributed by atoms with van der Waals surface area (Å²) in [6.07, 6.45) is 3.64. The lowest BCUT2D eigenvalue weighted by molar-refractivity contribution is 0.175. The average molecular weight is 308 g/mol. The van der Waals surface area contributed by atoms with Crippen molar-refractivity contribution in [2.75, 3.05) is 13.1 Å². The number of nitrogens with zero attached hydrogens (tertiary/aromatic N) is 1. The van der Waals surface area contributed by atoms with Crippen molar-refractivity contribution in [1.82, 2.24) is 4.90 Å². The van der Waals surface area contributed by atoms with Crippen molar-refractivity contribution < 1.29 is 9.52 Å². The van der Waals surface area contributed by atoms with Gasteiger partial charge in [-0.25, -0.2) is 0 Å². The van der Waals surface area contributed by atoms with Crippen molar-refractivity contribution >= 4 is 22.6 Å². The lowest BCUT2D eigenvalue weighted by Crippen LogP contribution is -2.33. The fraction of sp³-hybridized carbons (Fsp3) is 0.438. The smallest absolute Gasteiger partial charge is 0.211 e. The first-order valence-corrected chi connectivity index (χ1v) is 7.58. The van der Waals surface area contributed by atoms with E-state index >= 15 is 0 Å². The first kappa shape index (κ1) is 14.4. The van der Waals surface area contributed by atoms with Gasteiger partial charge in [0.05, 0.1) is 10.9 Å². The highest BCUT2D eigenvalue weighted by atomic mass is 35.5. The molecule has 0 saturated carbocycles. The molecule has 1 aliphatic rings. The summed E-state index contributed by atoms with van der Waals surface area (Å²) in [6.45, 7) is 4.80. The predicted molar refractivity (Wildman–Crippen MR) is 82.8 cm³/mol. The Hall–Kier alpha value is -1.52. The number of halogens is 1. The van der Waals surface area contributed by atoms with E-state index in [1.165, 1.54) is 18.8 Å². The normalized spacial score (nSPS) is 20.0. The molecule has 0 amide bonds. The summed E-state index contributed by atoms with van der Waals surface area (Å²) in [7, 11) is 0. The van der Waals surface area contributed by atoms with Crippen molar-refractivity contribution in [3.8, 4) is 5.75 Å². The standard InChI is InChI=1S/C16H18ClNO3/c1-10-3-2-6-18(7-10)8-12-14(19)5-4-11-15(20)13(17)9-21-16(11)12/h4-5,9-10,19H,2-3,6-8H2,1H3. The zero-order valence-electron chi connectivity index (χ0n) is 11.9. The van der Waals surface area contributed by atoms with Crippen LogP contribution in [0.1, 0.15) is 25.3 Å². The van der Waals surface area contributed by atoms with Gasteiger partial charge < -0.3 is 9.52 Å². The third kappa shape index (κ3) is 2.78. The van der Waals surface area contributed by atoms with Crippen molar-refractivity contribution in [3.05, 3.63) is 39.2 Å². The number of phenols is 1. The third-order valence-corrected chi connectivity index (χ3v) is 4.36. The van der Waals surface area contributed by atoms with Gasteiger partial charge in [0, 0.05) is 13.1 Å². The molecule has 1 aliphatic heterocycles. The highest BCUT2D eigenvalue weighted by Crippen LogP contribution is 2.29. The Balaban J connectivity index is 2.03. The molecule has 1 atom stereocenters. The minimum absolute atomic E-state index is 0.0609. The second-order valence-corrected chi connectivity index (χ2v) is 6.24. The van der Waals surface area contributed by atoms with Crippen LogP contribution >= 0.6 is 11.6 Å². The maximum atomic E-state index is 12.0. The van der Waals surface area contributed by atoms with Gasteiger partial charge in [-0.2, -0.15) is 0 Å². The Kier molecular flexibility index (Phi) is 3.91. The van der Waals surface area contributed by atoms with Crippen LogP contribution in [0.5, 0.6) is 5.75 Å². The molecule has 1 aromatic heterocycles. The first-order chi connectivity index (χ1) is 10.1. The van der Waals surface area contributed by atoms with Crippen LogP contribution in [0.25, 0.3) is 11.0 Å². The minimum Gasteiger partial charge on any atom is -0.507 e. The lowest BCUT2D eigenvalue weighted by atomic mass is 9.99. The number of fused-ring (bicyclic) bond motifs is 1. The maximum Gasteiger partial charge on any atom is 0.211 e. The molecule has 0 aliphatic carbocycles. The van der Waals surface area contributed by atoms with Crippen LogP contribution in [0.2, 0.25) is 5.02 Å². The van der Waals surface area contributed by atoms with Gasteiger partial charge in [-0.15, -0.1) is 0 Å². The van der Waals surface area contributed by atoms with Gasteiger partial charge >= 0.3 is 0 Å². The Morgan fingerprint density at radius 3 is 3.05 bits per heavy atom. The van der Waals surface area contributed by atoms with Crippen LogP contribution < -0.4 is 5.43 Å². The van der Waals surface area contributed by atoms with Gasteiger partial charge in [0.2, 0.25) is 5.43 Å². The van der Waals surface area contributed by atoms with Gasteiger partial charge in [-0.05, 0) is 37.4 Å². The van der Waals surface area contributed by atoms with E-state index < -0.39 is 0 Å².